The minimum absolute atomic E-state index is 0. The molecule has 4 rings (SSSR count). The molecular formula is C13H17ClN4O2S2. The quantitative estimate of drug-likeness (QED) is 0.876. The zero-order valence-electron chi connectivity index (χ0n) is 11.8. The smallest absolute Gasteiger partial charge is 0.245 e. The monoisotopic (exact) mass is 360 g/mol. The van der Waals surface area contributed by atoms with E-state index in [2.05, 4.69) is 8.75 Å². The number of aromatic nitrogens is 2. The van der Waals surface area contributed by atoms with Crippen LogP contribution in [0.4, 0.5) is 0 Å². The van der Waals surface area contributed by atoms with Gasteiger partial charge >= 0.3 is 0 Å². The number of rotatable bonds is 2. The molecule has 1 saturated heterocycles. The van der Waals surface area contributed by atoms with Crippen LogP contribution in [0.5, 0.6) is 0 Å². The molecule has 1 aliphatic carbocycles. The third kappa shape index (κ3) is 2.33. The van der Waals surface area contributed by atoms with E-state index >= 15 is 0 Å². The van der Waals surface area contributed by atoms with Crippen LogP contribution in [0.3, 0.4) is 0 Å². The molecule has 0 radical (unpaired) electrons. The van der Waals surface area contributed by atoms with Crippen LogP contribution in [0.2, 0.25) is 0 Å². The van der Waals surface area contributed by atoms with Gasteiger partial charge in [0.1, 0.15) is 15.9 Å². The third-order valence-electron chi connectivity index (χ3n) is 4.75. The SMILES string of the molecule is Cl.NC1CCC2CN(S(=O)(=O)c3cccc4nsnc34)CC12. The molecule has 0 amide bonds. The van der Waals surface area contributed by atoms with Crippen molar-refractivity contribution < 1.29 is 8.42 Å². The lowest BCUT2D eigenvalue weighted by Crippen LogP contribution is -2.33. The second-order valence-corrected chi connectivity index (χ2v) is 8.31. The Hall–Kier alpha value is -0.800. The van der Waals surface area contributed by atoms with Gasteiger partial charge in [0.25, 0.3) is 0 Å². The highest BCUT2D eigenvalue weighted by molar-refractivity contribution is 7.89. The molecule has 1 saturated carbocycles. The Labute approximate surface area is 139 Å². The average Bonchev–Trinajstić information content (AvgIpc) is 3.15. The molecule has 1 aliphatic heterocycles. The van der Waals surface area contributed by atoms with Crippen LogP contribution in [0, 0.1) is 11.8 Å². The number of halogens is 1. The van der Waals surface area contributed by atoms with Crippen molar-refractivity contribution in [1.82, 2.24) is 13.1 Å². The van der Waals surface area contributed by atoms with Crippen molar-refractivity contribution in [1.29, 1.82) is 0 Å². The average molecular weight is 361 g/mol. The van der Waals surface area contributed by atoms with Crippen molar-refractivity contribution in [3.05, 3.63) is 18.2 Å². The molecule has 2 fully saturated rings. The van der Waals surface area contributed by atoms with Crippen LogP contribution in [-0.2, 0) is 10.0 Å². The summed E-state index contributed by atoms with van der Waals surface area (Å²) in [5, 5.41) is 0. The van der Waals surface area contributed by atoms with Crippen molar-refractivity contribution in [2.24, 2.45) is 17.6 Å². The van der Waals surface area contributed by atoms with E-state index < -0.39 is 10.0 Å². The fourth-order valence-electron chi connectivity index (χ4n) is 3.59. The largest absolute Gasteiger partial charge is 0.327 e. The number of nitrogens with zero attached hydrogens (tertiary/aromatic N) is 3. The van der Waals surface area contributed by atoms with E-state index in [9.17, 15) is 8.42 Å². The minimum atomic E-state index is -3.52. The summed E-state index contributed by atoms with van der Waals surface area (Å²) >= 11 is 1.04. The molecule has 9 heteroatoms. The fraction of sp³-hybridized carbons (Fsp3) is 0.538. The Morgan fingerprint density at radius 1 is 1.23 bits per heavy atom. The highest BCUT2D eigenvalue weighted by atomic mass is 35.5. The van der Waals surface area contributed by atoms with Crippen LogP contribution in [0.25, 0.3) is 11.0 Å². The highest BCUT2D eigenvalue weighted by Crippen LogP contribution is 2.39. The summed E-state index contributed by atoms with van der Waals surface area (Å²) in [5.41, 5.74) is 7.21. The molecular weight excluding hydrogens is 344 g/mol. The van der Waals surface area contributed by atoms with Gasteiger partial charge in [-0.1, -0.05) is 6.07 Å². The molecule has 120 valence electrons. The fourth-order valence-corrected chi connectivity index (χ4v) is 5.88. The first-order valence-electron chi connectivity index (χ1n) is 7.04. The number of nitrogens with two attached hydrogens (primary N) is 1. The predicted octanol–water partition coefficient (Wildman–Crippen LogP) is 1.47. The van der Waals surface area contributed by atoms with Crippen LogP contribution >= 0.6 is 24.1 Å². The Morgan fingerprint density at radius 2 is 2.05 bits per heavy atom. The van der Waals surface area contributed by atoms with Crippen molar-refractivity contribution in [3.63, 3.8) is 0 Å². The standard InChI is InChI=1S/C13H16N4O2S2.ClH/c14-10-5-4-8-6-17(7-9(8)10)21(18,19)12-3-1-2-11-13(12)16-20-15-11;/h1-3,8-10H,4-7,14H2;1H. The van der Waals surface area contributed by atoms with E-state index in [1.807, 2.05) is 0 Å². The van der Waals surface area contributed by atoms with Gasteiger partial charge in [0.15, 0.2) is 0 Å². The van der Waals surface area contributed by atoms with Crippen molar-refractivity contribution in [2.45, 2.75) is 23.8 Å². The molecule has 2 N–H and O–H groups in total. The first-order chi connectivity index (χ1) is 10.1. The van der Waals surface area contributed by atoms with Crippen LogP contribution < -0.4 is 5.73 Å². The third-order valence-corrected chi connectivity index (χ3v) is 7.15. The summed E-state index contributed by atoms with van der Waals surface area (Å²) in [5.74, 6) is 0.704. The maximum absolute atomic E-state index is 12.9. The molecule has 1 aromatic heterocycles. The lowest BCUT2D eigenvalue weighted by molar-refractivity contribution is 0.427. The summed E-state index contributed by atoms with van der Waals surface area (Å²) in [6.45, 7) is 1.11. The topological polar surface area (TPSA) is 89.2 Å². The minimum Gasteiger partial charge on any atom is -0.327 e. The van der Waals surface area contributed by atoms with Gasteiger partial charge in [-0.3, -0.25) is 0 Å². The van der Waals surface area contributed by atoms with E-state index in [1.54, 1.807) is 22.5 Å². The van der Waals surface area contributed by atoms with Gasteiger partial charge in [-0.15, -0.1) is 12.4 Å². The number of benzene rings is 1. The first-order valence-corrected chi connectivity index (χ1v) is 9.21. The summed E-state index contributed by atoms with van der Waals surface area (Å²) in [7, 11) is -3.52. The second kappa shape index (κ2) is 5.68. The Morgan fingerprint density at radius 3 is 2.82 bits per heavy atom. The van der Waals surface area contributed by atoms with Gasteiger partial charge in [0.2, 0.25) is 10.0 Å². The van der Waals surface area contributed by atoms with Gasteiger partial charge in [-0.2, -0.15) is 13.1 Å². The molecule has 0 spiro atoms. The van der Waals surface area contributed by atoms with Gasteiger partial charge < -0.3 is 5.73 Å². The molecule has 1 aromatic carbocycles. The van der Waals surface area contributed by atoms with Gasteiger partial charge in [0.05, 0.1) is 11.7 Å². The number of hydrogen-bond donors (Lipinski definition) is 1. The normalized spacial score (nSPS) is 28.7. The Balaban J connectivity index is 0.00000144. The molecule has 22 heavy (non-hydrogen) atoms. The second-order valence-electron chi connectivity index (χ2n) is 5.88. The zero-order valence-corrected chi connectivity index (χ0v) is 14.2. The van der Waals surface area contributed by atoms with E-state index in [-0.39, 0.29) is 23.3 Å². The summed E-state index contributed by atoms with van der Waals surface area (Å²) in [6, 6.07) is 5.26. The molecule has 0 bridgehead atoms. The molecule has 2 aliphatic rings. The van der Waals surface area contributed by atoms with Crippen LogP contribution in [0.15, 0.2) is 23.1 Å². The van der Waals surface area contributed by atoms with Crippen LogP contribution in [0.1, 0.15) is 12.8 Å². The van der Waals surface area contributed by atoms with Crippen molar-refractivity contribution in [3.8, 4) is 0 Å². The number of sulfonamides is 1. The zero-order chi connectivity index (χ0) is 14.6. The summed E-state index contributed by atoms with van der Waals surface area (Å²) in [4.78, 5) is 0.266. The molecule has 6 nitrogen and oxygen atoms in total. The van der Waals surface area contributed by atoms with E-state index in [4.69, 9.17) is 5.73 Å². The molecule has 2 aromatic rings. The van der Waals surface area contributed by atoms with Gasteiger partial charge in [0, 0.05) is 19.1 Å². The van der Waals surface area contributed by atoms with Crippen molar-refractivity contribution in [2.75, 3.05) is 13.1 Å². The summed E-state index contributed by atoms with van der Waals surface area (Å²) < 4.78 is 35.7. The highest BCUT2D eigenvalue weighted by Gasteiger charge is 2.45. The molecule has 2 heterocycles. The maximum Gasteiger partial charge on any atom is 0.245 e. The molecule has 3 atom stereocenters. The lowest BCUT2D eigenvalue weighted by Gasteiger charge is -2.18. The predicted molar refractivity (Wildman–Crippen MR) is 87.6 cm³/mol. The maximum atomic E-state index is 12.9. The lowest BCUT2D eigenvalue weighted by atomic mass is 9.98. The summed E-state index contributed by atoms with van der Waals surface area (Å²) in [6.07, 6.45) is 2.04. The van der Waals surface area contributed by atoms with Gasteiger partial charge in [-0.05, 0) is 36.8 Å². The number of hydrogen-bond acceptors (Lipinski definition) is 6. The van der Waals surface area contributed by atoms with Gasteiger partial charge in [-0.25, -0.2) is 8.42 Å². The van der Waals surface area contributed by atoms with Crippen LogP contribution in [-0.4, -0.2) is 40.6 Å². The van der Waals surface area contributed by atoms with Crippen molar-refractivity contribution >= 4 is 45.2 Å². The first kappa shape index (κ1) is 16.1. The van der Waals surface area contributed by atoms with E-state index in [1.165, 1.54) is 0 Å². The van der Waals surface area contributed by atoms with E-state index in [0.29, 0.717) is 36.0 Å². The Bertz CT molecular complexity index is 794. The Kier molecular flexibility index (Phi) is 4.15. The van der Waals surface area contributed by atoms with E-state index in [0.717, 1.165) is 24.6 Å². The molecule has 3 unspecified atom stereocenters. The number of fused-ring (bicyclic) bond motifs is 2.